The van der Waals surface area contributed by atoms with Gasteiger partial charge in [0.2, 0.25) is 0 Å². The van der Waals surface area contributed by atoms with E-state index in [0.717, 1.165) is 16.2 Å². The first-order valence-corrected chi connectivity index (χ1v) is 16.4. The van der Waals surface area contributed by atoms with E-state index in [9.17, 15) is 18.1 Å². The molecule has 0 atom stereocenters. The number of fused-ring (bicyclic) bond motifs is 3. The molecule has 0 aliphatic carbocycles. The molecule has 0 saturated heterocycles. The molecule has 0 heterocycles. The molecular weight excluding hydrogens is 707 g/mol. The van der Waals surface area contributed by atoms with E-state index in [2.05, 4.69) is 32.6 Å². The topological polar surface area (TPSA) is 255 Å². The molecule has 0 aliphatic rings. The molecule has 0 aliphatic heterocycles. The maximum atomic E-state index is 11.3. The van der Waals surface area contributed by atoms with Crippen LogP contribution in [0.5, 0.6) is 5.75 Å². The van der Waals surface area contributed by atoms with Crippen molar-refractivity contribution in [1.82, 2.24) is 0 Å². The number of nitrogens with two attached hydrogens (primary N) is 1. The molecule has 6 aromatic rings. The first-order valence-electron chi connectivity index (χ1n) is 13.0. The molecule has 0 aromatic heterocycles. The van der Waals surface area contributed by atoms with E-state index in [4.69, 9.17) is 31.0 Å². The molecular formula is C30H18Li3N5O10S3. The van der Waals surface area contributed by atoms with E-state index in [-0.39, 0.29) is 72.9 Å². The molecule has 0 spiro atoms. The third kappa shape index (κ3) is 12.2. The molecule has 6 rings (SSSR count). The monoisotopic (exact) mass is 725 g/mol. The van der Waals surface area contributed by atoms with E-state index < -0.39 is 31.3 Å². The summed E-state index contributed by atoms with van der Waals surface area (Å²) < 4.78 is 84.6. The summed E-state index contributed by atoms with van der Waals surface area (Å²) >= 11 is 0. The summed E-state index contributed by atoms with van der Waals surface area (Å²) in [4.78, 5) is -0.303. The molecule has 0 fully saturated rings. The predicted octanol–water partition coefficient (Wildman–Crippen LogP) is -3.23. The smallest absolute Gasteiger partial charge is 0.744 e. The van der Waals surface area contributed by atoms with Crippen LogP contribution in [0.3, 0.4) is 0 Å². The van der Waals surface area contributed by atoms with Gasteiger partial charge in [-0.3, -0.25) is 0 Å². The first kappa shape index (κ1) is 44.9. The van der Waals surface area contributed by atoms with Gasteiger partial charge in [-0.25, -0.2) is 8.42 Å². The van der Waals surface area contributed by atoms with Crippen LogP contribution in [-0.2, 0) is 31.3 Å². The van der Waals surface area contributed by atoms with Crippen LogP contribution in [0.1, 0.15) is 0 Å². The van der Waals surface area contributed by atoms with Gasteiger partial charge in [0.05, 0.1) is 5.69 Å². The summed E-state index contributed by atoms with van der Waals surface area (Å²) in [5, 5.41) is 32.1. The van der Waals surface area contributed by atoms with Gasteiger partial charge in [-0.15, -0.1) is 47.2 Å². The summed E-state index contributed by atoms with van der Waals surface area (Å²) in [6, 6.07) is 31.0. The molecule has 0 unspecified atom stereocenters. The third-order valence-corrected chi connectivity index (χ3v) is 7.21. The molecule has 0 bridgehead atoms. The fourth-order valence-electron chi connectivity index (χ4n) is 4.43. The third-order valence-electron chi connectivity index (χ3n) is 6.38. The first-order chi connectivity index (χ1) is 22.7. The number of hydrogen-bond acceptors (Lipinski definition) is 15. The van der Waals surface area contributed by atoms with Crippen LogP contribution in [0, 0.1) is 12.1 Å². The van der Waals surface area contributed by atoms with Crippen LogP contribution in [0.15, 0.2) is 116 Å². The number of anilines is 1. The zero-order valence-corrected chi connectivity index (χ0v) is 29.3. The van der Waals surface area contributed by atoms with Crippen LogP contribution in [0.2, 0.25) is 0 Å². The second-order valence-electron chi connectivity index (χ2n) is 9.33. The Hall–Kier alpha value is -4.16. The number of phenolic OH excluding ortho intramolecular Hbond substituents is 1. The van der Waals surface area contributed by atoms with Crippen LogP contribution in [0.25, 0.3) is 32.3 Å². The van der Waals surface area contributed by atoms with Gasteiger partial charge >= 0.3 is 77.8 Å². The second-order valence-corrected chi connectivity index (χ2v) is 11.5. The Labute approximate surface area is 329 Å². The minimum Gasteiger partial charge on any atom is -0.744 e. The van der Waals surface area contributed by atoms with Gasteiger partial charge in [-0.2, -0.15) is 51.7 Å². The van der Waals surface area contributed by atoms with Crippen LogP contribution in [-0.4, -0.2) is 43.3 Å². The van der Waals surface area contributed by atoms with Crippen molar-refractivity contribution in [2.75, 3.05) is 5.73 Å². The minimum absolute atomic E-state index is 0. The summed E-state index contributed by atoms with van der Waals surface area (Å²) in [6.07, 6.45) is 0. The van der Waals surface area contributed by atoms with Crippen LogP contribution in [0.4, 0.5) is 28.4 Å². The van der Waals surface area contributed by atoms with Crippen LogP contribution < -0.4 is 62.3 Å². The minimum atomic E-state index is -4.55. The fourth-order valence-corrected chi connectivity index (χ4v) is 4.94. The SMILES string of the molecule is Nc1cccc2ccc(O)c(N=Nc3ccc(N=Nc4[c-]cc5cc(S(=O)(=O)[O-])ccc5c4)c4cc[c-]cc34)c12.O=S(=O)=O.O=S(=O)=O.[Li+].[Li+].[Li+]. The van der Waals surface area contributed by atoms with Crippen molar-refractivity contribution < 1.29 is 99.9 Å². The molecule has 21 heteroatoms. The number of benzene rings is 6. The van der Waals surface area contributed by atoms with Crippen molar-refractivity contribution in [3.63, 3.8) is 0 Å². The zero-order valence-electron chi connectivity index (χ0n) is 26.9. The Morgan fingerprint density at radius 2 is 1.29 bits per heavy atom. The Morgan fingerprint density at radius 1 is 0.686 bits per heavy atom. The van der Waals surface area contributed by atoms with Crippen molar-refractivity contribution in [3.05, 3.63) is 103 Å². The predicted molar refractivity (Wildman–Crippen MR) is 171 cm³/mol. The zero-order chi connectivity index (χ0) is 35.0. The van der Waals surface area contributed by atoms with Crippen molar-refractivity contribution in [3.8, 4) is 5.75 Å². The van der Waals surface area contributed by atoms with E-state index in [0.29, 0.717) is 38.9 Å². The average molecular weight is 726 g/mol. The number of rotatable bonds is 5. The summed E-state index contributed by atoms with van der Waals surface area (Å²) in [5.41, 5.74) is 8.46. The van der Waals surface area contributed by atoms with E-state index in [1.54, 1.807) is 60.7 Å². The van der Waals surface area contributed by atoms with Crippen molar-refractivity contribution in [2.24, 2.45) is 20.5 Å². The Kier molecular flexibility index (Phi) is 17.6. The number of nitrogens with zero attached hydrogens (tertiary/aromatic N) is 4. The van der Waals surface area contributed by atoms with Crippen molar-refractivity contribution >= 4 is 92.1 Å². The van der Waals surface area contributed by atoms with Gasteiger partial charge in [0.15, 0.2) is 0 Å². The number of azo groups is 2. The molecule has 51 heavy (non-hydrogen) atoms. The van der Waals surface area contributed by atoms with E-state index in [1.807, 2.05) is 18.2 Å². The van der Waals surface area contributed by atoms with Gasteiger partial charge < -0.3 is 15.4 Å². The van der Waals surface area contributed by atoms with Crippen LogP contribution >= 0.6 is 0 Å². The molecule has 0 amide bonds. The average Bonchev–Trinajstić information content (AvgIpc) is 3.02. The largest absolute Gasteiger partial charge is 1.00 e. The fraction of sp³-hybridized carbons (Fsp3) is 0. The van der Waals surface area contributed by atoms with Gasteiger partial charge in [0, 0.05) is 21.7 Å². The van der Waals surface area contributed by atoms with Gasteiger partial charge in [-0.1, -0.05) is 41.1 Å². The van der Waals surface area contributed by atoms with Crippen molar-refractivity contribution in [1.29, 1.82) is 0 Å². The standard InChI is InChI=1S/C30H19N5O4S.3Li.2O3S/c31-25-7-3-4-18-10-15-28(36)30(29(18)25)35-34-27-14-13-26(23-5-1-2-6-24(23)27)33-32-21-11-8-20-17-22(40(37,38)39)12-9-19(20)16-21;;;;2*1-4(2)3/h1,3-10,12-17,36H,31H2,(H,37,38,39);;;;;/q-2;3*+1;;/p-1. The number of phenols is 1. The molecule has 0 saturated carbocycles. The molecule has 3 N–H and O–H groups in total. The normalized spacial score (nSPS) is 10.6. The second kappa shape index (κ2) is 20.0. The summed E-state index contributed by atoms with van der Waals surface area (Å²) in [6.45, 7) is 0. The summed E-state index contributed by atoms with van der Waals surface area (Å²) in [7, 11) is -10.8. The number of hydrogen-bond donors (Lipinski definition) is 2. The van der Waals surface area contributed by atoms with Gasteiger partial charge in [0.25, 0.3) is 0 Å². The molecule has 6 aromatic carbocycles. The summed E-state index contributed by atoms with van der Waals surface area (Å²) in [5.74, 6) is -0.0343. The quantitative estimate of drug-likeness (QED) is 0.0587. The molecule has 0 radical (unpaired) electrons. The maximum Gasteiger partial charge on any atom is 1.00 e. The maximum absolute atomic E-state index is 11.3. The van der Waals surface area contributed by atoms with Gasteiger partial charge in [0.1, 0.15) is 21.6 Å². The Morgan fingerprint density at radius 3 is 1.94 bits per heavy atom. The van der Waals surface area contributed by atoms with E-state index >= 15 is 0 Å². The Balaban J connectivity index is 0.00000108. The van der Waals surface area contributed by atoms with Gasteiger partial charge in [-0.05, 0) is 41.4 Å². The molecule has 15 nitrogen and oxygen atoms in total. The van der Waals surface area contributed by atoms with E-state index in [1.165, 1.54) is 12.1 Å². The number of nitrogen functional groups attached to an aromatic ring is 1. The molecule has 244 valence electrons. The Bertz CT molecular complexity index is 2570. The number of aromatic hydroxyl groups is 1. The van der Waals surface area contributed by atoms with Crippen molar-refractivity contribution in [2.45, 2.75) is 4.90 Å².